The molecule has 2 fully saturated rings. The highest BCUT2D eigenvalue weighted by Gasteiger charge is 2.21. The maximum absolute atomic E-state index is 4.40. The van der Waals surface area contributed by atoms with E-state index in [1.165, 1.54) is 51.9 Å². The van der Waals surface area contributed by atoms with Gasteiger partial charge in [-0.15, -0.1) is 0 Å². The Morgan fingerprint density at radius 1 is 1.14 bits per heavy atom. The minimum atomic E-state index is 0.554. The van der Waals surface area contributed by atoms with Crippen LogP contribution in [0.1, 0.15) is 39.5 Å². The van der Waals surface area contributed by atoms with Gasteiger partial charge in [-0.25, -0.2) is 0 Å². The molecule has 22 heavy (non-hydrogen) atoms. The summed E-state index contributed by atoms with van der Waals surface area (Å²) in [6.45, 7) is 10.3. The van der Waals surface area contributed by atoms with Gasteiger partial charge in [-0.3, -0.25) is 9.89 Å². The van der Waals surface area contributed by atoms with Gasteiger partial charge in [0, 0.05) is 51.9 Å². The van der Waals surface area contributed by atoms with Crippen molar-refractivity contribution in [2.45, 2.75) is 51.6 Å². The number of nitrogens with zero attached hydrogens (tertiary/aromatic N) is 3. The van der Waals surface area contributed by atoms with Crippen LogP contribution < -0.4 is 10.6 Å². The third kappa shape index (κ3) is 5.43. The summed E-state index contributed by atoms with van der Waals surface area (Å²) in [4.78, 5) is 9.37. The van der Waals surface area contributed by atoms with Crippen molar-refractivity contribution in [1.82, 2.24) is 20.4 Å². The van der Waals surface area contributed by atoms with Crippen molar-refractivity contribution in [1.29, 1.82) is 0 Å². The lowest BCUT2D eigenvalue weighted by atomic mass is 9.87. The SMILES string of the molecule is CN=C(NCC(C)N1CCN(C)CC1)NC1CCC(C)CC1. The summed E-state index contributed by atoms with van der Waals surface area (Å²) >= 11 is 0. The Kier molecular flexibility index (Phi) is 6.96. The van der Waals surface area contributed by atoms with Crippen LogP contribution in [-0.4, -0.2) is 74.7 Å². The van der Waals surface area contributed by atoms with Crippen LogP contribution in [0.15, 0.2) is 4.99 Å². The molecule has 1 saturated heterocycles. The first kappa shape index (κ1) is 17.5. The molecule has 0 amide bonds. The standard InChI is InChI=1S/C17H35N5/c1-14-5-7-16(8-6-14)20-17(18-3)19-13-15(2)22-11-9-21(4)10-12-22/h14-16H,5-13H2,1-4H3,(H2,18,19,20). The van der Waals surface area contributed by atoms with Crippen LogP contribution in [0.2, 0.25) is 0 Å². The molecule has 0 bridgehead atoms. The minimum absolute atomic E-state index is 0.554. The molecule has 5 heteroatoms. The zero-order valence-corrected chi connectivity index (χ0v) is 14.9. The van der Waals surface area contributed by atoms with Crippen LogP contribution >= 0.6 is 0 Å². The van der Waals surface area contributed by atoms with Gasteiger partial charge in [0.2, 0.25) is 0 Å². The van der Waals surface area contributed by atoms with Crippen molar-refractivity contribution in [3.8, 4) is 0 Å². The van der Waals surface area contributed by atoms with E-state index in [9.17, 15) is 0 Å². The average Bonchev–Trinajstić information content (AvgIpc) is 2.53. The van der Waals surface area contributed by atoms with Crippen molar-refractivity contribution in [2.24, 2.45) is 10.9 Å². The molecular weight excluding hydrogens is 274 g/mol. The summed E-state index contributed by atoms with van der Waals surface area (Å²) < 4.78 is 0. The second-order valence-corrected chi connectivity index (χ2v) is 7.24. The molecule has 0 spiro atoms. The highest BCUT2D eigenvalue weighted by molar-refractivity contribution is 5.80. The molecule has 0 radical (unpaired) electrons. The molecule has 0 aromatic rings. The fourth-order valence-corrected chi connectivity index (χ4v) is 3.43. The summed E-state index contributed by atoms with van der Waals surface area (Å²) in [5.41, 5.74) is 0. The normalized spacial score (nSPS) is 30.1. The molecule has 5 nitrogen and oxygen atoms in total. The van der Waals surface area contributed by atoms with Crippen LogP contribution in [0.3, 0.4) is 0 Å². The van der Waals surface area contributed by atoms with Crippen LogP contribution in [-0.2, 0) is 0 Å². The van der Waals surface area contributed by atoms with Gasteiger partial charge in [0.1, 0.15) is 0 Å². The highest BCUT2D eigenvalue weighted by atomic mass is 15.3. The second-order valence-electron chi connectivity index (χ2n) is 7.24. The van der Waals surface area contributed by atoms with Crippen molar-refractivity contribution < 1.29 is 0 Å². The van der Waals surface area contributed by atoms with Crippen LogP contribution in [0.4, 0.5) is 0 Å². The predicted molar refractivity (Wildman–Crippen MR) is 94.4 cm³/mol. The van der Waals surface area contributed by atoms with E-state index in [0.717, 1.165) is 18.4 Å². The summed E-state index contributed by atoms with van der Waals surface area (Å²) in [6, 6.07) is 1.15. The molecule has 0 aromatic heterocycles. The molecular formula is C17H35N5. The average molecular weight is 310 g/mol. The maximum Gasteiger partial charge on any atom is 0.191 e. The monoisotopic (exact) mass is 309 g/mol. The highest BCUT2D eigenvalue weighted by Crippen LogP contribution is 2.23. The summed E-state index contributed by atoms with van der Waals surface area (Å²) in [7, 11) is 4.08. The topological polar surface area (TPSA) is 42.9 Å². The molecule has 1 unspecified atom stereocenters. The van der Waals surface area contributed by atoms with E-state index in [1.54, 1.807) is 0 Å². The Morgan fingerprint density at radius 2 is 1.77 bits per heavy atom. The van der Waals surface area contributed by atoms with Gasteiger partial charge in [-0.1, -0.05) is 6.92 Å². The van der Waals surface area contributed by atoms with Crippen molar-refractivity contribution in [2.75, 3.05) is 46.8 Å². The summed E-state index contributed by atoms with van der Waals surface area (Å²) in [5, 5.41) is 7.12. The summed E-state index contributed by atoms with van der Waals surface area (Å²) in [6.07, 6.45) is 5.23. The Morgan fingerprint density at radius 3 is 2.36 bits per heavy atom. The minimum Gasteiger partial charge on any atom is -0.355 e. The number of aliphatic imine (C=N–C) groups is 1. The molecule has 2 N–H and O–H groups in total. The van der Waals surface area contributed by atoms with Crippen LogP contribution in [0, 0.1) is 5.92 Å². The molecule has 1 saturated carbocycles. The maximum atomic E-state index is 4.40. The quantitative estimate of drug-likeness (QED) is 0.608. The predicted octanol–water partition coefficient (Wildman–Crippen LogP) is 1.37. The zero-order chi connectivity index (χ0) is 15.9. The van der Waals surface area contributed by atoms with Crippen molar-refractivity contribution in [3.05, 3.63) is 0 Å². The fraction of sp³-hybridized carbons (Fsp3) is 0.941. The Hall–Kier alpha value is -0.810. The third-order valence-electron chi connectivity index (χ3n) is 5.31. The molecule has 0 aromatic carbocycles. The molecule has 2 aliphatic rings. The van der Waals surface area contributed by atoms with Crippen molar-refractivity contribution >= 4 is 5.96 Å². The number of nitrogens with one attached hydrogen (secondary N) is 2. The number of rotatable bonds is 4. The van der Waals surface area contributed by atoms with Gasteiger partial charge in [0.05, 0.1) is 0 Å². The zero-order valence-electron chi connectivity index (χ0n) is 14.9. The van der Waals surface area contributed by atoms with E-state index >= 15 is 0 Å². The van der Waals surface area contributed by atoms with Crippen molar-refractivity contribution in [3.63, 3.8) is 0 Å². The van der Waals surface area contributed by atoms with E-state index < -0.39 is 0 Å². The number of hydrogen-bond donors (Lipinski definition) is 2. The number of piperazine rings is 1. The lowest BCUT2D eigenvalue weighted by Crippen LogP contribution is -2.53. The third-order valence-corrected chi connectivity index (χ3v) is 5.31. The van der Waals surface area contributed by atoms with Crippen LogP contribution in [0.5, 0.6) is 0 Å². The molecule has 1 aliphatic carbocycles. The van der Waals surface area contributed by atoms with E-state index in [4.69, 9.17) is 0 Å². The Labute approximate surface area is 136 Å². The molecule has 1 atom stereocenters. The van der Waals surface area contributed by atoms with E-state index in [1.807, 2.05) is 7.05 Å². The van der Waals surface area contributed by atoms with E-state index in [0.29, 0.717) is 12.1 Å². The second kappa shape index (κ2) is 8.73. The van der Waals surface area contributed by atoms with Gasteiger partial charge in [0.25, 0.3) is 0 Å². The smallest absolute Gasteiger partial charge is 0.191 e. The molecule has 1 aliphatic heterocycles. The van der Waals surface area contributed by atoms with E-state index in [-0.39, 0.29) is 0 Å². The summed E-state index contributed by atoms with van der Waals surface area (Å²) in [5.74, 6) is 1.87. The Balaban J connectivity index is 1.69. The fourth-order valence-electron chi connectivity index (χ4n) is 3.43. The van der Waals surface area contributed by atoms with Gasteiger partial charge in [-0.05, 0) is 45.6 Å². The lowest BCUT2D eigenvalue weighted by molar-refractivity contribution is 0.120. The van der Waals surface area contributed by atoms with Gasteiger partial charge >= 0.3 is 0 Å². The molecule has 1 heterocycles. The Bertz CT molecular complexity index is 341. The van der Waals surface area contributed by atoms with E-state index in [2.05, 4.69) is 46.3 Å². The first-order valence-electron chi connectivity index (χ1n) is 8.98. The number of hydrogen-bond acceptors (Lipinski definition) is 3. The largest absolute Gasteiger partial charge is 0.355 e. The molecule has 2 rings (SSSR count). The first-order chi connectivity index (χ1) is 10.6. The number of likely N-dealkylation sites (N-methyl/N-ethyl adjacent to an activating group) is 1. The van der Waals surface area contributed by atoms with Gasteiger partial charge in [-0.2, -0.15) is 0 Å². The van der Waals surface area contributed by atoms with Gasteiger partial charge < -0.3 is 15.5 Å². The van der Waals surface area contributed by atoms with Crippen LogP contribution in [0.25, 0.3) is 0 Å². The van der Waals surface area contributed by atoms with Gasteiger partial charge in [0.15, 0.2) is 5.96 Å². The lowest BCUT2D eigenvalue weighted by Gasteiger charge is -2.36. The first-order valence-corrected chi connectivity index (χ1v) is 8.98. The number of guanidine groups is 1. The molecule has 128 valence electrons.